The SMILES string of the molecule is C[C@H](N[C@]1(CO)OC[C@@H](O)[C@@H](O)[C@@H]1O)C(=O)N[C@@H](CC(=O)O)C(=O)O. The molecule has 1 amide bonds. The number of carboxylic acids is 2. The number of carbonyl (C=O) groups excluding carboxylic acids is 1. The van der Waals surface area contributed by atoms with Gasteiger partial charge in [0.2, 0.25) is 5.91 Å². The molecule has 1 heterocycles. The Morgan fingerprint density at radius 1 is 1.24 bits per heavy atom. The number of hydrogen-bond acceptors (Lipinski definition) is 9. The third kappa shape index (κ3) is 5.07. The molecule has 0 aromatic heterocycles. The molecule has 1 rings (SSSR count). The number of carboxylic acid groups (broad SMARTS) is 2. The summed E-state index contributed by atoms with van der Waals surface area (Å²) in [5.41, 5.74) is -1.97. The summed E-state index contributed by atoms with van der Waals surface area (Å²) in [6.45, 7) is -0.0517. The van der Waals surface area contributed by atoms with E-state index in [1.807, 2.05) is 5.32 Å². The van der Waals surface area contributed by atoms with E-state index in [1.165, 1.54) is 6.92 Å². The van der Waals surface area contributed by atoms with Gasteiger partial charge >= 0.3 is 11.9 Å². The first-order chi connectivity index (χ1) is 11.5. The van der Waals surface area contributed by atoms with Crippen molar-refractivity contribution in [1.29, 1.82) is 0 Å². The summed E-state index contributed by atoms with van der Waals surface area (Å²) in [5, 5.41) is 60.6. The first-order valence-electron chi connectivity index (χ1n) is 7.35. The van der Waals surface area contributed by atoms with Gasteiger partial charge in [-0.25, -0.2) is 4.79 Å². The minimum Gasteiger partial charge on any atom is -0.481 e. The number of amides is 1. The number of aliphatic hydroxyl groups excluding tert-OH is 4. The van der Waals surface area contributed by atoms with Gasteiger partial charge in [0.1, 0.15) is 24.4 Å². The van der Waals surface area contributed by atoms with Crippen LogP contribution in [0.4, 0.5) is 0 Å². The summed E-state index contributed by atoms with van der Waals surface area (Å²) in [5.74, 6) is -3.91. The van der Waals surface area contributed by atoms with Gasteiger partial charge in [0.05, 0.1) is 25.7 Å². The van der Waals surface area contributed by atoms with Crippen LogP contribution in [0, 0.1) is 0 Å². The first kappa shape index (κ1) is 21.2. The molecule has 0 saturated carbocycles. The van der Waals surface area contributed by atoms with Gasteiger partial charge in [0, 0.05) is 0 Å². The number of ether oxygens (including phenoxy) is 1. The minimum absolute atomic E-state index is 0.434. The van der Waals surface area contributed by atoms with Crippen LogP contribution in [-0.4, -0.2) is 97.8 Å². The third-order valence-electron chi connectivity index (χ3n) is 3.79. The lowest BCUT2D eigenvalue weighted by Crippen LogP contribution is -2.71. The molecule has 0 unspecified atom stereocenters. The lowest BCUT2D eigenvalue weighted by molar-refractivity contribution is -0.260. The average Bonchev–Trinajstić information content (AvgIpc) is 2.54. The number of aliphatic carboxylic acids is 2. The number of rotatable bonds is 8. The van der Waals surface area contributed by atoms with E-state index < -0.39 is 73.6 Å². The van der Waals surface area contributed by atoms with E-state index in [1.54, 1.807) is 0 Å². The van der Waals surface area contributed by atoms with Crippen LogP contribution < -0.4 is 10.6 Å². The first-order valence-corrected chi connectivity index (χ1v) is 7.35. The molecule has 25 heavy (non-hydrogen) atoms. The molecule has 1 aliphatic rings. The van der Waals surface area contributed by atoms with E-state index in [2.05, 4.69) is 5.32 Å². The van der Waals surface area contributed by atoms with Gasteiger partial charge in [-0.3, -0.25) is 14.9 Å². The lowest BCUT2D eigenvalue weighted by Gasteiger charge is -2.45. The zero-order valence-corrected chi connectivity index (χ0v) is 13.3. The predicted octanol–water partition coefficient (Wildman–Crippen LogP) is -4.19. The van der Waals surface area contributed by atoms with Crippen molar-refractivity contribution in [3.8, 4) is 0 Å². The molecule has 144 valence electrons. The van der Waals surface area contributed by atoms with Gasteiger partial charge in [-0.2, -0.15) is 0 Å². The van der Waals surface area contributed by atoms with E-state index in [9.17, 15) is 34.8 Å². The van der Waals surface area contributed by atoms with Crippen LogP contribution >= 0.6 is 0 Å². The molecule has 12 heteroatoms. The molecule has 6 atom stereocenters. The van der Waals surface area contributed by atoms with Gasteiger partial charge in [-0.05, 0) is 6.92 Å². The van der Waals surface area contributed by atoms with Gasteiger partial charge in [-0.1, -0.05) is 0 Å². The Bertz CT molecular complexity index is 515. The van der Waals surface area contributed by atoms with Crippen molar-refractivity contribution in [2.45, 2.75) is 49.5 Å². The van der Waals surface area contributed by atoms with Crippen LogP contribution in [0.15, 0.2) is 0 Å². The molecular weight excluding hydrogens is 344 g/mol. The highest BCUT2D eigenvalue weighted by Gasteiger charge is 2.50. The summed E-state index contributed by atoms with van der Waals surface area (Å²) in [6.07, 6.45) is -5.68. The second kappa shape index (κ2) is 8.51. The lowest BCUT2D eigenvalue weighted by atomic mass is 9.94. The maximum atomic E-state index is 12.1. The number of hydrogen-bond donors (Lipinski definition) is 8. The quantitative estimate of drug-likeness (QED) is 0.207. The zero-order chi connectivity index (χ0) is 19.4. The van der Waals surface area contributed by atoms with Crippen LogP contribution in [0.3, 0.4) is 0 Å². The van der Waals surface area contributed by atoms with Crippen molar-refractivity contribution in [3.05, 3.63) is 0 Å². The summed E-state index contributed by atoms with van der Waals surface area (Å²) in [7, 11) is 0. The van der Waals surface area contributed by atoms with Crippen LogP contribution in [0.5, 0.6) is 0 Å². The van der Waals surface area contributed by atoms with Crippen molar-refractivity contribution < 1.29 is 49.8 Å². The van der Waals surface area contributed by atoms with Crippen LogP contribution in [-0.2, 0) is 19.1 Å². The molecule has 1 saturated heterocycles. The third-order valence-corrected chi connectivity index (χ3v) is 3.79. The second-order valence-corrected chi connectivity index (χ2v) is 5.72. The monoisotopic (exact) mass is 366 g/mol. The summed E-state index contributed by atoms with van der Waals surface area (Å²) in [6, 6.07) is -2.91. The Morgan fingerprint density at radius 3 is 2.32 bits per heavy atom. The number of carbonyl (C=O) groups is 3. The van der Waals surface area contributed by atoms with E-state index in [0.29, 0.717) is 0 Å². The van der Waals surface area contributed by atoms with Crippen LogP contribution in [0.25, 0.3) is 0 Å². The van der Waals surface area contributed by atoms with E-state index in [4.69, 9.17) is 14.9 Å². The molecular formula is C13H22N2O10. The number of aliphatic hydroxyl groups is 4. The van der Waals surface area contributed by atoms with Crippen molar-refractivity contribution in [2.75, 3.05) is 13.2 Å². The largest absolute Gasteiger partial charge is 0.481 e. The Morgan fingerprint density at radius 2 is 1.84 bits per heavy atom. The highest BCUT2D eigenvalue weighted by atomic mass is 16.6. The predicted molar refractivity (Wildman–Crippen MR) is 78.2 cm³/mol. The van der Waals surface area contributed by atoms with E-state index in [-0.39, 0.29) is 0 Å². The number of nitrogens with one attached hydrogen (secondary N) is 2. The minimum atomic E-state index is -1.97. The van der Waals surface area contributed by atoms with Crippen molar-refractivity contribution in [2.24, 2.45) is 0 Å². The van der Waals surface area contributed by atoms with E-state index >= 15 is 0 Å². The summed E-state index contributed by atoms with van der Waals surface area (Å²) in [4.78, 5) is 33.7. The Labute approximate surface area is 142 Å². The normalized spacial score (nSPS) is 31.8. The smallest absolute Gasteiger partial charge is 0.326 e. The summed E-state index contributed by atoms with van der Waals surface area (Å²) >= 11 is 0. The molecule has 0 spiro atoms. The highest BCUT2D eigenvalue weighted by Crippen LogP contribution is 2.24. The van der Waals surface area contributed by atoms with E-state index in [0.717, 1.165) is 0 Å². The molecule has 0 bridgehead atoms. The van der Waals surface area contributed by atoms with Crippen molar-refractivity contribution >= 4 is 17.8 Å². The molecule has 12 nitrogen and oxygen atoms in total. The summed E-state index contributed by atoms with van der Waals surface area (Å²) < 4.78 is 5.14. The fraction of sp³-hybridized carbons (Fsp3) is 0.769. The van der Waals surface area contributed by atoms with Crippen LogP contribution in [0.1, 0.15) is 13.3 Å². The fourth-order valence-corrected chi connectivity index (χ4v) is 2.32. The maximum absolute atomic E-state index is 12.1. The Balaban J connectivity index is 2.80. The van der Waals surface area contributed by atoms with Gasteiger partial charge < -0.3 is 40.7 Å². The molecule has 0 aliphatic carbocycles. The molecule has 0 radical (unpaired) electrons. The molecule has 0 aromatic carbocycles. The molecule has 1 aliphatic heterocycles. The van der Waals surface area contributed by atoms with Gasteiger partial charge in [0.15, 0.2) is 5.72 Å². The van der Waals surface area contributed by atoms with Crippen molar-refractivity contribution in [1.82, 2.24) is 10.6 Å². The Hall–Kier alpha value is -1.83. The standard InChI is InChI=1S/C13H22N2O10/c1-5(11(22)14-6(12(23)24)2-8(18)19)15-13(4-16)10(21)9(20)7(17)3-25-13/h5-7,9-10,15-17,20-21H,2-4H2,1H3,(H,14,22)(H,18,19)(H,23,24)/t5-,6-,7+,9+,10-,13+/m0/s1. The zero-order valence-electron chi connectivity index (χ0n) is 13.3. The molecule has 0 aromatic rings. The van der Waals surface area contributed by atoms with Gasteiger partial charge in [0.25, 0.3) is 0 Å². The average molecular weight is 366 g/mol. The highest BCUT2D eigenvalue weighted by molar-refractivity contribution is 5.89. The van der Waals surface area contributed by atoms with Gasteiger partial charge in [-0.15, -0.1) is 0 Å². The van der Waals surface area contributed by atoms with Crippen molar-refractivity contribution in [3.63, 3.8) is 0 Å². The maximum Gasteiger partial charge on any atom is 0.326 e. The second-order valence-electron chi connectivity index (χ2n) is 5.72. The fourth-order valence-electron chi connectivity index (χ4n) is 2.32. The Kier molecular flexibility index (Phi) is 7.22. The topological polar surface area (TPSA) is 206 Å². The van der Waals surface area contributed by atoms with Crippen LogP contribution in [0.2, 0.25) is 0 Å². The molecule has 8 N–H and O–H groups in total. The molecule has 1 fully saturated rings.